The van der Waals surface area contributed by atoms with Gasteiger partial charge < -0.3 is 19.4 Å². The fraction of sp³-hybridized carbons (Fsp3) is 0.600. The third kappa shape index (κ3) is 6.23. The largest absolute Gasteiger partial charge is 0.457 e. The number of benzene rings is 1. The van der Waals surface area contributed by atoms with Crippen LogP contribution in [0.15, 0.2) is 24.9 Å². The second-order valence-corrected chi connectivity index (χ2v) is 16.1. The number of aromatic nitrogens is 4. The van der Waals surface area contributed by atoms with Gasteiger partial charge in [0, 0.05) is 72.4 Å². The monoisotopic (exact) mass is 698 g/mol. The van der Waals surface area contributed by atoms with Gasteiger partial charge in [-0.05, 0) is 86.2 Å². The number of fused-ring (bicyclic) bond motifs is 1. The summed E-state index contributed by atoms with van der Waals surface area (Å²) in [6.45, 7) is 16.0. The van der Waals surface area contributed by atoms with Crippen LogP contribution in [0.3, 0.4) is 0 Å². The van der Waals surface area contributed by atoms with Gasteiger partial charge in [0.1, 0.15) is 5.60 Å². The van der Waals surface area contributed by atoms with Crippen molar-refractivity contribution in [2.45, 2.75) is 70.1 Å². The number of piperidine rings is 1. The molecule has 7 rings (SSSR count). The molecule has 13 heteroatoms. The molecular weight excluding hydrogens is 651 g/mol. The van der Waals surface area contributed by atoms with Crippen molar-refractivity contribution in [3.8, 4) is 11.1 Å². The molecule has 260 valence electrons. The zero-order chi connectivity index (χ0) is 34.6. The van der Waals surface area contributed by atoms with Crippen molar-refractivity contribution in [1.29, 1.82) is 0 Å². The van der Waals surface area contributed by atoms with Gasteiger partial charge in [-0.1, -0.05) is 29.8 Å². The number of anilines is 1. The highest BCUT2D eigenvalue weighted by Crippen LogP contribution is 2.56. The summed E-state index contributed by atoms with van der Waals surface area (Å²) in [5, 5.41) is 14.6. The number of ether oxygens (including phenoxy) is 1. The first-order valence-corrected chi connectivity index (χ1v) is 17.5. The maximum absolute atomic E-state index is 12.0. The van der Waals surface area contributed by atoms with Crippen LogP contribution in [-0.2, 0) is 14.3 Å². The van der Waals surface area contributed by atoms with E-state index in [-0.39, 0.29) is 22.5 Å². The summed E-state index contributed by atoms with van der Waals surface area (Å²) in [6, 6.07) is 2.13. The molecule has 3 saturated heterocycles. The normalized spacial score (nSPS) is 21.3. The van der Waals surface area contributed by atoms with Gasteiger partial charge >= 0.3 is 0 Å². The molecule has 0 atom stereocenters. The second kappa shape index (κ2) is 13.0. The van der Waals surface area contributed by atoms with Crippen LogP contribution >= 0.6 is 23.2 Å². The van der Waals surface area contributed by atoms with Gasteiger partial charge in [-0.25, -0.2) is 0 Å². The van der Waals surface area contributed by atoms with Crippen molar-refractivity contribution in [3.05, 3.63) is 40.7 Å². The van der Waals surface area contributed by atoms with Crippen molar-refractivity contribution in [3.63, 3.8) is 0 Å². The van der Waals surface area contributed by atoms with Crippen molar-refractivity contribution in [2.24, 2.45) is 5.41 Å². The molecule has 1 aliphatic carbocycles. The Hall–Kier alpha value is -3.12. The van der Waals surface area contributed by atoms with Crippen molar-refractivity contribution >= 4 is 52.3 Å². The molecule has 48 heavy (non-hydrogen) atoms. The Bertz CT molecular complexity index is 1690. The molecule has 0 radical (unpaired) electrons. The molecule has 5 heterocycles. The highest BCUT2D eigenvalue weighted by Gasteiger charge is 2.54. The van der Waals surface area contributed by atoms with E-state index in [4.69, 9.17) is 33.0 Å². The number of hydrogen-bond donors (Lipinski definition) is 1. The highest BCUT2D eigenvalue weighted by atomic mass is 35.5. The molecule has 1 spiro atoms. The van der Waals surface area contributed by atoms with Gasteiger partial charge in [0.05, 0.1) is 27.8 Å². The molecular formula is C35H48Cl2N8O3. The topological polar surface area (TPSA) is 103 Å². The lowest BCUT2D eigenvalue weighted by molar-refractivity contribution is -0.165. The van der Waals surface area contributed by atoms with Crippen LogP contribution in [0.1, 0.15) is 57.7 Å². The van der Waals surface area contributed by atoms with E-state index < -0.39 is 0 Å². The first-order chi connectivity index (χ1) is 22.7. The first-order valence-electron chi connectivity index (χ1n) is 16.8. The van der Waals surface area contributed by atoms with Gasteiger partial charge in [-0.2, -0.15) is 10.2 Å². The van der Waals surface area contributed by atoms with Crippen molar-refractivity contribution in [1.82, 2.24) is 34.7 Å². The molecule has 1 aromatic carbocycles. The minimum Gasteiger partial charge on any atom is -0.457 e. The molecule has 0 unspecified atom stereocenters. The molecule has 1 N–H and O–H groups in total. The second-order valence-electron chi connectivity index (χ2n) is 15.3. The number of likely N-dealkylation sites (tertiary alicyclic amines) is 2. The first kappa shape index (κ1) is 34.7. The average molecular weight is 700 g/mol. The minimum atomic E-state index is -0.250. The number of likely N-dealkylation sites (N-methyl/N-ethyl adjacent to an activating group) is 2. The number of carbonyl (C=O) groups is 2. The predicted molar refractivity (Wildman–Crippen MR) is 191 cm³/mol. The number of hydrogen-bond acceptors (Lipinski definition) is 8. The zero-order valence-corrected chi connectivity index (χ0v) is 30.5. The Morgan fingerprint density at radius 3 is 2.48 bits per heavy atom. The number of carbonyl (C=O) groups excluding carboxylic acids is 2. The fourth-order valence-electron chi connectivity index (χ4n) is 8.52. The quantitative estimate of drug-likeness (QED) is 0.241. The molecule has 1 amide bonds. The van der Waals surface area contributed by atoms with Crippen LogP contribution in [0.2, 0.25) is 10.0 Å². The van der Waals surface area contributed by atoms with E-state index in [1.165, 1.54) is 12.5 Å². The molecule has 2 aromatic heterocycles. The van der Waals surface area contributed by atoms with E-state index in [0.717, 1.165) is 98.5 Å². The summed E-state index contributed by atoms with van der Waals surface area (Å²) in [4.78, 5) is 30.7. The molecule has 4 aliphatic rings. The van der Waals surface area contributed by atoms with E-state index in [0.29, 0.717) is 22.6 Å². The Kier molecular flexibility index (Phi) is 9.38. The fourth-order valence-corrected chi connectivity index (χ4v) is 8.98. The molecule has 0 bridgehead atoms. The van der Waals surface area contributed by atoms with E-state index in [1.54, 1.807) is 0 Å². The third-order valence-electron chi connectivity index (χ3n) is 10.7. The zero-order valence-electron chi connectivity index (χ0n) is 29.0. The molecule has 4 fully saturated rings. The van der Waals surface area contributed by atoms with Crippen LogP contribution in [0.5, 0.6) is 0 Å². The third-order valence-corrected chi connectivity index (χ3v) is 11.5. The number of H-pyrrole nitrogens is 1. The SMILES string of the molecule is C=CC(=O)N1CC2(CC(n3nc(N4CCCCC4(C)C)c(-c4c(Cl)c(Cl)cc5[nH]ncc45)c3C)C2)C1.CN(C)CC1(OC=O)CN(C)C1. The lowest BCUT2D eigenvalue weighted by atomic mass is 9.60. The molecule has 3 aromatic rings. The molecule has 1 saturated carbocycles. The smallest absolute Gasteiger partial charge is 0.293 e. The van der Waals surface area contributed by atoms with Crippen LogP contribution < -0.4 is 4.90 Å². The summed E-state index contributed by atoms with van der Waals surface area (Å²) in [7, 11) is 5.98. The predicted octanol–water partition coefficient (Wildman–Crippen LogP) is 5.57. The van der Waals surface area contributed by atoms with Crippen LogP contribution in [0.4, 0.5) is 5.82 Å². The lowest BCUT2D eigenvalue weighted by Gasteiger charge is -2.58. The average Bonchev–Trinajstić information content (AvgIpc) is 3.55. The Morgan fingerprint density at radius 1 is 1.17 bits per heavy atom. The highest BCUT2D eigenvalue weighted by molar-refractivity contribution is 6.45. The Balaban J connectivity index is 0.000000284. The number of nitrogens with zero attached hydrogens (tertiary/aromatic N) is 7. The Labute approximate surface area is 293 Å². The summed E-state index contributed by atoms with van der Waals surface area (Å²) in [5.74, 6) is 0.998. The van der Waals surface area contributed by atoms with Crippen LogP contribution in [0, 0.1) is 12.3 Å². The molecule has 3 aliphatic heterocycles. The van der Waals surface area contributed by atoms with E-state index in [2.05, 4.69) is 52.0 Å². The summed E-state index contributed by atoms with van der Waals surface area (Å²) in [5.41, 5.74) is 3.84. The lowest BCUT2D eigenvalue weighted by Crippen LogP contribution is -2.65. The van der Waals surface area contributed by atoms with Crippen molar-refractivity contribution in [2.75, 3.05) is 65.3 Å². The van der Waals surface area contributed by atoms with E-state index >= 15 is 0 Å². The number of rotatable bonds is 8. The Morgan fingerprint density at radius 2 is 1.88 bits per heavy atom. The number of halogens is 2. The number of amides is 1. The van der Waals surface area contributed by atoms with Crippen LogP contribution in [0.25, 0.3) is 22.0 Å². The van der Waals surface area contributed by atoms with Gasteiger partial charge in [0.25, 0.3) is 6.47 Å². The van der Waals surface area contributed by atoms with Gasteiger partial charge in [0.2, 0.25) is 5.91 Å². The number of nitrogens with one attached hydrogen (secondary N) is 1. The standard InChI is InChI=1S/C27H32Cl2N6O.C8H16N2O2/c1-5-21(36)33-14-27(15-33)11-17(12-27)35-16(2)22(25(32-35)34-9-7-6-8-26(34,3)4)23-18-13-30-31-20(18)10-19(28)24(23)29;1-9(2)4-8(12-7-11)5-10(3)6-8/h5,10,13,17H,1,6-9,11-12,14-15H2,2-4H3,(H,30,31);7H,4-6H2,1-3H3. The maximum atomic E-state index is 12.0. The van der Waals surface area contributed by atoms with E-state index in [9.17, 15) is 9.59 Å². The summed E-state index contributed by atoms with van der Waals surface area (Å²) in [6.07, 6.45) is 8.73. The van der Waals surface area contributed by atoms with Gasteiger partial charge in [-0.15, -0.1) is 0 Å². The summed E-state index contributed by atoms with van der Waals surface area (Å²) >= 11 is 13.5. The maximum Gasteiger partial charge on any atom is 0.293 e. The minimum absolute atomic E-state index is 0.0143. The van der Waals surface area contributed by atoms with Crippen LogP contribution in [-0.4, -0.2) is 119 Å². The summed E-state index contributed by atoms with van der Waals surface area (Å²) < 4.78 is 7.29. The van der Waals surface area contributed by atoms with Crippen molar-refractivity contribution < 1.29 is 14.3 Å². The number of aromatic amines is 1. The van der Waals surface area contributed by atoms with E-state index in [1.807, 2.05) is 43.2 Å². The van der Waals surface area contributed by atoms with Gasteiger partial charge in [-0.3, -0.25) is 24.3 Å². The molecule has 11 nitrogen and oxygen atoms in total. The van der Waals surface area contributed by atoms with Gasteiger partial charge in [0.15, 0.2) is 5.82 Å².